The summed E-state index contributed by atoms with van der Waals surface area (Å²) in [4.78, 5) is 33.2. The molecule has 1 aliphatic rings. The van der Waals surface area contributed by atoms with Crippen molar-refractivity contribution in [2.24, 2.45) is 0 Å². The van der Waals surface area contributed by atoms with E-state index < -0.39 is 18.0 Å². The molecule has 1 aliphatic heterocycles. The Balaban J connectivity index is 1.38. The number of hydrogen-bond donors (Lipinski definition) is 1. The summed E-state index contributed by atoms with van der Waals surface area (Å²) in [7, 11) is 0. The molecule has 3 aromatic rings. The number of nitrogens with one attached hydrogen (secondary N) is 1. The van der Waals surface area contributed by atoms with Gasteiger partial charge in [-0.05, 0) is 37.3 Å². The third kappa shape index (κ3) is 5.01. The molecular formula is C23H19Cl2N3O3S. The molecular weight excluding hydrogens is 469 g/mol. The fraction of sp³-hybridized carbons (Fsp3) is 0.174. The number of para-hydroxylation sites is 2. The van der Waals surface area contributed by atoms with Crippen LogP contribution in [0.5, 0.6) is 0 Å². The van der Waals surface area contributed by atoms with E-state index in [4.69, 9.17) is 27.9 Å². The minimum Gasteiger partial charge on any atom is -0.452 e. The maximum Gasteiger partial charge on any atom is 0.308 e. The van der Waals surface area contributed by atoms with Gasteiger partial charge in [0.1, 0.15) is 0 Å². The molecule has 0 saturated heterocycles. The molecule has 0 fully saturated rings. The highest BCUT2D eigenvalue weighted by Crippen LogP contribution is 2.47. The van der Waals surface area contributed by atoms with Crippen LogP contribution in [-0.2, 0) is 14.3 Å². The van der Waals surface area contributed by atoms with Crippen LogP contribution in [0.1, 0.15) is 13.3 Å². The number of halogens is 2. The van der Waals surface area contributed by atoms with Crippen LogP contribution in [0.4, 0.5) is 17.2 Å². The number of pyridine rings is 1. The van der Waals surface area contributed by atoms with Gasteiger partial charge in [-0.25, -0.2) is 4.98 Å². The molecule has 2 heterocycles. The van der Waals surface area contributed by atoms with Gasteiger partial charge in [-0.2, -0.15) is 0 Å². The lowest BCUT2D eigenvalue weighted by Crippen LogP contribution is -2.32. The van der Waals surface area contributed by atoms with Crippen LogP contribution in [0, 0.1) is 0 Å². The van der Waals surface area contributed by atoms with Crippen molar-refractivity contribution in [3.8, 4) is 0 Å². The fourth-order valence-electron chi connectivity index (χ4n) is 3.26. The number of amides is 1. The number of anilines is 3. The van der Waals surface area contributed by atoms with E-state index in [-0.39, 0.29) is 17.3 Å². The average Bonchev–Trinajstić information content (AvgIpc) is 2.78. The molecule has 0 bridgehead atoms. The molecule has 1 aromatic heterocycles. The Labute approximate surface area is 199 Å². The van der Waals surface area contributed by atoms with E-state index in [0.29, 0.717) is 11.6 Å². The summed E-state index contributed by atoms with van der Waals surface area (Å²) in [5, 5.41) is 3.10. The number of nitrogens with zero attached hydrogens (tertiary/aromatic N) is 2. The van der Waals surface area contributed by atoms with Gasteiger partial charge < -0.3 is 15.0 Å². The molecule has 2 aromatic carbocycles. The van der Waals surface area contributed by atoms with Crippen molar-refractivity contribution in [3.63, 3.8) is 0 Å². The number of ether oxygens (including phenoxy) is 1. The van der Waals surface area contributed by atoms with Crippen LogP contribution in [0.2, 0.25) is 10.0 Å². The minimum absolute atomic E-state index is 0.116. The summed E-state index contributed by atoms with van der Waals surface area (Å²) in [6, 6.07) is 17.6. The Kier molecular flexibility index (Phi) is 6.89. The fourth-order valence-corrected chi connectivity index (χ4v) is 4.78. The molecule has 0 aliphatic carbocycles. The maximum absolute atomic E-state index is 12.5. The van der Waals surface area contributed by atoms with Crippen molar-refractivity contribution < 1.29 is 14.3 Å². The predicted octanol–water partition coefficient (Wildman–Crippen LogP) is 5.95. The van der Waals surface area contributed by atoms with Gasteiger partial charge in [-0.1, -0.05) is 59.2 Å². The van der Waals surface area contributed by atoms with Crippen LogP contribution < -0.4 is 10.2 Å². The first-order chi connectivity index (χ1) is 15.4. The first kappa shape index (κ1) is 22.5. The monoisotopic (exact) mass is 487 g/mol. The van der Waals surface area contributed by atoms with Crippen molar-refractivity contribution in [1.82, 2.24) is 4.98 Å². The zero-order chi connectivity index (χ0) is 22.7. The molecule has 164 valence electrons. The van der Waals surface area contributed by atoms with E-state index in [0.717, 1.165) is 21.2 Å². The maximum atomic E-state index is 12.5. The van der Waals surface area contributed by atoms with E-state index in [2.05, 4.69) is 27.3 Å². The van der Waals surface area contributed by atoms with E-state index >= 15 is 0 Å². The Morgan fingerprint density at radius 2 is 1.72 bits per heavy atom. The predicted molar refractivity (Wildman–Crippen MR) is 127 cm³/mol. The molecule has 32 heavy (non-hydrogen) atoms. The Hall–Kier alpha value is -2.74. The van der Waals surface area contributed by atoms with Gasteiger partial charge in [-0.15, -0.1) is 0 Å². The van der Waals surface area contributed by atoms with E-state index in [9.17, 15) is 9.59 Å². The SMILES string of the molecule is CC(OC(=O)CCN1c2ccccc2Sc2ccccc21)C(=O)Nc1ncc(Cl)cc1Cl. The van der Waals surface area contributed by atoms with Crippen LogP contribution in [0.25, 0.3) is 0 Å². The second-order valence-electron chi connectivity index (χ2n) is 7.04. The number of benzene rings is 2. The zero-order valence-electron chi connectivity index (χ0n) is 17.0. The second-order valence-corrected chi connectivity index (χ2v) is 8.97. The molecule has 1 N–H and O–H groups in total. The van der Waals surface area contributed by atoms with Gasteiger partial charge in [0, 0.05) is 22.5 Å². The number of rotatable bonds is 6. The van der Waals surface area contributed by atoms with Crippen LogP contribution in [0.15, 0.2) is 70.6 Å². The number of aromatic nitrogens is 1. The zero-order valence-corrected chi connectivity index (χ0v) is 19.4. The highest BCUT2D eigenvalue weighted by atomic mass is 35.5. The van der Waals surface area contributed by atoms with Crippen molar-refractivity contribution in [1.29, 1.82) is 0 Å². The van der Waals surface area contributed by atoms with Gasteiger partial charge in [0.25, 0.3) is 5.91 Å². The number of carbonyl (C=O) groups excluding carboxylic acids is 2. The van der Waals surface area contributed by atoms with E-state index in [1.54, 1.807) is 11.8 Å². The Morgan fingerprint density at radius 1 is 1.09 bits per heavy atom. The Bertz CT molecular complexity index is 1130. The third-order valence-corrected chi connectivity index (χ3v) is 6.42. The molecule has 1 amide bonds. The van der Waals surface area contributed by atoms with Gasteiger partial charge in [-0.3, -0.25) is 9.59 Å². The van der Waals surface area contributed by atoms with E-state index in [1.807, 2.05) is 36.4 Å². The van der Waals surface area contributed by atoms with Crippen LogP contribution >= 0.6 is 35.0 Å². The summed E-state index contributed by atoms with van der Waals surface area (Å²) in [6.45, 7) is 1.92. The normalized spacial score (nSPS) is 13.0. The standard InChI is InChI=1S/C23H19Cl2N3O3S/c1-14(23(30)27-22-16(25)12-15(24)13-26-22)31-21(29)10-11-28-17-6-2-4-8-19(17)32-20-9-5-3-7-18(20)28/h2-9,12-14H,10-11H2,1H3,(H,26,27,30). The quantitative estimate of drug-likeness (QED) is 0.433. The van der Waals surface area contributed by atoms with Crippen molar-refractivity contribution in [2.45, 2.75) is 29.2 Å². The summed E-state index contributed by atoms with van der Waals surface area (Å²) in [5.74, 6) is -0.848. The van der Waals surface area contributed by atoms with Crippen LogP contribution in [0.3, 0.4) is 0 Å². The molecule has 1 unspecified atom stereocenters. The summed E-state index contributed by atoms with van der Waals surface area (Å²) in [6.07, 6.45) is 0.476. The summed E-state index contributed by atoms with van der Waals surface area (Å²) >= 11 is 13.5. The van der Waals surface area contributed by atoms with Crippen molar-refractivity contribution in [3.05, 3.63) is 70.8 Å². The molecule has 0 spiro atoms. The lowest BCUT2D eigenvalue weighted by molar-refractivity contribution is -0.152. The number of carbonyl (C=O) groups is 2. The second kappa shape index (κ2) is 9.81. The van der Waals surface area contributed by atoms with Crippen LogP contribution in [-0.4, -0.2) is 29.5 Å². The highest BCUT2D eigenvalue weighted by Gasteiger charge is 2.25. The Morgan fingerprint density at radius 3 is 2.34 bits per heavy atom. The highest BCUT2D eigenvalue weighted by molar-refractivity contribution is 7.99. The first-order valence-corrected chi connectivity index (χ1v) is 11.4. The van der Waals surface area contributed by atoms with E-state index in [1.165, 1.54) is 19.2 Å². The van der Waals surface area contributed by atoms with Crippen molar-refractivity contribution in [2.75, 3.05) is 16.8 Å². The molecule has 4 rings (SSSR count). The molecule has 0 saturated carbocycles. The molecule has 9 heteroatoms. The number of esters is 1. The van der Waals surface area contributed by atoms with Gasteiger partial charge >= 0.3 is 5.97 Å². The average molecular weight is 488 g/mol. The van der Waals surface area contributed by atoms with Gasteiger partial charge in [0.15, 0.2) is 11.9 Å². The first-order valence-electron chi connectivity index (χ1n) is 9.87. The molecule has 6 nitrogen and oxygen atoms in total. The smallest absolute Gasteiger partial charge is 0.308 e. The number of hydrogen-bond acceptors (Lipinski definition) is 6. The minimum atomic E-state index is -1.01. The lowest BCUT2D eigenvalue weighted by atomic mass is 10.2. The summed E-state index contributed by atoms with van der Waals surface area (Å²) in [5.41, 5.74) is 2.08. The van der Waals surface area contributed by atoms with Crippen molar-refractivity contribution >= 4 is 64.0 Å². The molecule has 1 atom stereocenters. The largest absolute Gasteiger partial charge is 0.452 e. The van der Waals surface area contributed by atoms with Gasteiger partial charge in [0.05, 0.1) is 27.8 Å². The summed E-state index contributed by atoms with van der Waals surface area (Å²) < 4.78 is 5.34. The number of fused-ring (bicyclic) bond motifs is 2. The molecule has 0 radical (unpaired) electrons. The lowest BCUT2D eigenvalue weighted by Gasteiger charge is -2.32. The topological polar surface area (TPSA) is 71.5 Å². The third-order valence-electron chi connectivity index (χ3n) is 4.80. The van der Waals surface area contributed by atoms with Gasteiger partial charge in [0.2, 0.25) is 0 Å².